The summed E-state index contributed by atoms with van der Waals surface area (Å²) in [6.07, 6.45) is 1.87. The van der Waals surface area contributed by atoms with Crippen molar-refractivity contribution in [1.82, 2.24) is 4.98 Å². The van der Waals surface area contributed by atoms with Gasteiger partial charge in [0.15, 0.2) is 0 Å². The van der Waals surface area contributed by atoms with E-state index in [0.29, 0.717) is 24.0 Å². The number of nitrogens with zero attached hydrogens (tertiary/aromatic N) is 2. The molecule has 3 rings (SSSR count). The van der Waals surface area contributed by atoms with Gasteiger partial charge < -0.3 is 9.47 Å². The quantitative estimate of drug-likeness (QED) is 0.318. The number of hydrogen-bond donors (Lipinski definition) is 1. The molecule has 0 aliphatic carbocycles. The first-order valence-corrected chi connectivity index (χ1v) is 10.2. The fourth-order valence-electron chi connectivity index (χ4n) is 2.55. The molecule has 1 aromatic heterocycles. The van der Waals surface area contributed by atoms with Gasteiger partial charge in [-0.2, -0.15) is 5.10 Å². The molecule has 0 unspecified atom stereocenters. The minimum Gasteiger partial charge on any atom is -0.489 e. The van der Waals surface area contributed by atoms with Crippen LogP contribution in [0.2, 0.25) is 0 Å². The lowest BCUT2D eigenvalue weighted by atomic mass is 10.1. The smallest absolute Gasteiger partial charge is 0.311 e. The van der Waals surface area contributed by atoms with E-state index in [0.717, 1.165) is 22.4 Å². The fraction of sp³-hybridized carbons (Fsp3) is 0.227. The molecular weight excluding hydrogens is 386 g/mol. The summed E-state index contributed by atoms with van der Waals surface area (Å²) >= 11 is 1.39. The molecule has 6 nitrogen and oxygen atoms in total. The molecule has 150 valence electrons. The maximum atomic E-state index is 11.5. The molecule has 3 aromatic rings. The zero-order valence-corrected chi connectivity index (χ0v) is 17.2. The molecule has 7 heteroatoms. The van der Waals surface area contributed by atoms with Crippen molar-refractivity contribution in [3.8, 4) is 5.75 Å². The molecule has 1 heterocycles. The van der Waals surface area contributed by atoms with E-state index >= 15 is 0 Å². The summed E-state index contributed by atoms with van der Waals surface area (Å²) in [4.78, 5) is 15.8. The summed E-state index contributed by atoms with van der Waals surface area (Å²) in [5.74, 6) is 0.541. The van der Waals surface area contributed by atoms with Crippen LogP contribution < -0.4 is 10.2 Å². The van der Waals surface area contributed by atoms with Crippen molar-refractivity contribution < 1.29 is 14.3 Å². The minimum atomic E-state index is -0.282. The van der Waals surface area contributed by atoms with Crippen LogP contribution in [0.3, 0.4) is 0 Å². The third kappa shape index (κ3) is 6.43. The highest BCUT2D eigenvalue weighted by Crippen LogP contribution is 2.21. The van der Waals surface area contributed by atoms with Gasteiger partial charge in [0.2, 0.25) is 5.13 Å². The summed E-state index contributed by atoms with van der Waals surface area (Å²) in [6, 6.07) is 16.0. The lowest BCUT2D eigenvalue weighted by molar-refractivity contribution is -0.142. The van der Waals surface area contributed by atoms with Crippen LogP contribution in [0, 0.1) is 6.92 Å². The largest absolute Gasteiger partial charge is 0.489 e. The van der Waals surface area contributed by atoms with Crippen LogP contribution in [0.5, 0.6) is 5.75 Å². The molecule has 0 radical (unpaired) electrons. The van der Waals surface area contributed by atoms with Gasteiger partial charge in [-0.15, -0.1) is 11.3 Å². The number of aryl methyl sites for hydroxylation is 1. The Morgan fingerprint density at radius 3 is 2.86 bits per heavy atom. The number of ether oxygens (including phenoxy) is 2. The third-order valence-electron chi connectivity index (χ3n) is 4.01. The third-order valence-corrected chi connectivity index (χ3v) is 4.80. The number of thiazole rings is 1. The second kappa shape index (κ2) is 10.4. The van der Waals surface area contributed by atoms with E-state index in [2.05, 4.69) is 15.5 Å². The molecule has 0 saturated heterocycles. The Morgan fingerprint density at radius 2 is 2.07 bits per heavy atom. The highest BCUT2D eigenvalue weighted by molar-refractivity contribution is 7.13. The lowest BCUT2D eigenvalue weighted by Gasteiger charge is -2.10. The van der Waals surface area contributed by atoms with E-state index in [1.54, 1.807) is 13.1 Å². The summed E-state index contributed by atoms with van der Waals surface area (Å²) in [5, 5.41) is 6.67. The van der Waals surface area contributed by atoms with Gasteiger partial charge in [0.1, 0.15) is 12.4 Å². The van der Waals surface area contributed by atoms with Crippen molar-refractivity contribution in [3.63, 3.8) is 0 Å². The van der Waals surface area contributed by atoms with Crippen LogP contribution in [-0.4, -0.2) is 23.8 Å². The summed E-state index contributed by atoms with van der Waals surface area (Å²) < 4.78 is 10.9. The van der Waals surface area contributed by atoms with E-state index < -0.39 is 0 Å². The van der Waals surface area contributed by atoms with Crippen LogP contribution in [0.25, 0.3) is 0 Å². The molecule has 0 aliphatic rings. The molecule has 0 bridgehead atoms. The zero-order valence-electron chi connectivity index (χ0n) is 16.4. The van der Waals surface area contributed by atoms with E-state index in [1.165, 1.54) is 11.3 Å². The maximum absolute atomic E-state index is 11.5. The molecule has 0 atom stereocenters. The Morgan fingerprint density at radius 1 is 1.24 bits per heavy atom. The van der Waals surface area contributed by atoms with Gasteiger partial charge in [0, 0.05) is 5.38 Å². The monoisotopic (exact) mass is 409 g/mol. The molecule has 0 fully saturated rings. The number of carbonyl (C=O) groups excluding carboxylic acids is 1. The topological polar surface area (TPSA) is 72.8 Å². The SMILES string of the molecule is CCOC(=O)Cc1csc(NN=Cc2ccc(C)c(OCc3ccccc3)c2)n1. The number of hydrazone groups is 1. The number of esters is 1. The first-order chi connectivity index (χ1) is 14.1. The second-order valence-electron chi connectivity index (χ2n) is 6.30. The Kier molecular flexibility index (Phi) is 7.35. The average Bonchev–Trinajstić information content (AvgIpc) is 3.16. The summed E-state index contributed by atoms with van der Waals surface area (Å²) in [7, 11) is 0. The van der Waals surface area contributed by atoms with Crippen molar-refractivity contribution in [3.05, 3.63) is 76.3 Å². The second-order valence-corrected chi connectivity index (χ2v) is 7.15. The summed E-state index contributed by atoms with van der Waals surface area (Å²) in [6.45, 7) is 4.68. The van der Waals surface area contributed by atoms with Crippen molar-refractivity contribution in [2.24, 2.45) is 5.10 Å². The zero-order chi connectivity index (χ0) is 20.5. The predicted octanol–water partition coefficient (Wildman–Crippen LogP) is 4.58. The van der Waals surface area contributed by atoms with Gasteiger partial charge in [-0.1, -0.05) is 42.5 Å². The van der Waals surface area contributed by atoms with Crippen LogP contribution in [0.15, 0.2) is 59.0 Å². The number of carbonyl (C=O) groups is 1. The van der Waals surface area contributed by atoms with E-state index in [-0.39, 0.29) is 12.4 Å². The summed E-state index contributed by atoms with van der Waals surface area (Å²) in [5.41, 5.74) is 6.66. The fourth-order valence-corrected chi connectivity index (χ4v) is 3.21. The van der Waals surface area contributed by atoms with Crippen LogP contribution in [-0.2, 0) is 22.6 Å². The maximum Gasteiger partial charge on any atom is 0.311 e. The Labute approximate surface area is 174 Å². The van der Waals surface area contributed by atoms with Crippen molar-refractivity contribution in [2.45, 2.75) is 26.9 Å². The van der Waals surface area contributed by atoms with Gasteiger partial charge in [-0.05, 0) is 36.6 Å². The molecule has 1 N–H and O–H groups in total. The first kappa shape index (κ1) is 20.5. The standard InChI is InChI=1S/C22H23N3O3S/c1-3-27-21(26)12-19-15-29-22(24-19)25-23-13-18-10-9-16(2)20(11-18)28-14-17-7-5-4-6-8-17/h4-11,13,15H,3,12,14H2,1-2H3,(H,24,25). The number of anilines is 1. The molecular formula is C22H23N3O3S. The number of rotatable bonds is 9. The normalized spacial score (nSPS) is 10.8. The number of hydrogen-bond acceptors (Lipinski definition) is 7. The number of nitrogens with one attached hydrogen (secondary N) is 1. The van der Waals surface area contributed by atoms with Gasteiger partial charge in [0.05, 0.1) is 24.9 Å². The molecule has 0 amide bonds. The predicted molar refractivity (Wildman–Crippen MR) is 116 cm³/mol. The van der Waals surface area contributed by atoms with Gasteiger partial charge in [-0.3, -0.25) is 10.2 Å². The van der Waals surface area contributed by atoms with Crippen molar-refractivity contribution in [2.75, 3.05) is 12.0 Å². The van der Waals surface area contributed by atoms with Crippen LogP contribution in [0.1, 0.15) is 29.3 Å². The molecule has 0 aliphatic heterocycles. The molecule has 29 heavy (non-hydrogen) atoms. The van der Waals surface area contributed by atoms with E-state index in [1.807, 2.05) is 60.8 Å². The highest BCUT2D eigenvalue weighted by Gasteiger charge is 2.08. The van der Waals surface area contributed by atoms with Crippen molar-refractivity contribution >= 4 is 28.7 Å². The first-order valence-electron chi connectivity index (χ1n) is 9.30. The van der Waals surface area contributed by atoms with Gasteiger partial charge in [-0.25, -0.2) is 4.98 Å². The molecule has 2 aromatic carbocycles. The highest BCUT2D eigenvalue weighted by atomic mass is 32.1. The van der Waals surface area contributed by atoms with Gasteiger partial charge >= 0.3 is 5.97 Å². The average molecular weight is 410 g/mol. The van der Waals surface area contributed by atoms with Gasteiger partial charge in [0.25, 0.3) is 0 Å². The van der Waals surface area contributed by atoms with E-state index in [4.69, 9.17) is 9.47 Å². The Hall–Kier alpha value is -3.19. The lowest BCUT2D eigenvalue weighted by Crippen LogP contribution is -2.07. The molecule has 0 spiro atoms. The Balaban J connectivity index is 1.56. The molecule has 0 saturated carbocycles. The Bertz CT molecular complexity index is 970. The number of benzene rings is 2. The van der Waals surface area contributed by atoms with Crippen molar-refractivity contribution in [1.29, 1.82) is 0 Å². The van der Waals surface area contributed by atoms with Crippen LogP contribution in [0.4, 0.5) is 5.13 Å². The van der Waals surface area contributed by atoms with E-state index in [9.17, 15) is 4.79 Å². The minimum absolute atomic E-state index is 0.163. The van der Waals surface area contributed by atoms with Crippen LogP contribution >= 0.6 is 11.3 Å². The number of aromatic nitrogens is 1.